The van der Waals surface area contributed by atoms with Gasteiger partial charge in [-0.05, 0) is 18.5 Å². The van der Waals surface area contributed by atoms with Gasteiger partial charge in [0.25, 0.3) is 0 Å². The van der Waals surface area contributed by atoms with Crippen LogP contribution < -0.4 is 0 Å². The molecule has 0 amide bonds. The van der Waals surface area contributed by atoms with Crippen LogP contribution in [0.25, 0.3) is 6.08 Å². The quantitative estimate of drug-likeness (QED) is 0.512. The minimum Gasteiger partial charge on any atom is -0.0866 e. The van der Waals surface area contributed by atoms with Crippen molar-refractivity contribution in [3.05, 3.63) is 41.5 Å². The Morgan fingerprint density at radius 3 is 1.70 bits per heavy atom. The summed E-state index contributed by atoms with van der Waals surface area (Å²) >= 11 is 0. The topological polar surface area (TPSA) is 0 Å². The van der Waals surface area contributed by atoms with E-state index in [9.17, 15) is 0 Å². The fraction of sp³-hybridized carbons (Fsp3) is 0.579. The molecule has 0 saturated heterocycles. The van der Waals surface area contributed by atoms with Crippen LogP contribution in [0, 0.1) is 6.92 Å². The first-order chi connectivity index (χ1) is 9.30. The van der Waals surface area contributed by atoms with Crippen LogP contribution in [0.1, 0.15) is 52.7 Å². The van der Waals surface area contributed by atoms with E-state index in [1.807, 2.05) is 0 Å². The van der Waals surface area contributed by atoms with Crippen molar-refractivity contribution in [2.45, 2.75) is 71.1 Å². The van der Waals surface area contributed by atoms with Crippen LogP contribution >= 0.6 is 0 Å². The highest BCUT2D eigenvalue weighted by molar-refractivity contribution is 6.83. The van der Waals surface area contributed by atoms with Gasteiger partial charge < -0.3 is 0 Å². The van der Waals surface area contributed by atoms with Gasteiger partial charge in [0.15, 0.2) is 0 Å². The molecule has 1 aromatic rings. The maximum atomic E-state index is 2.44. The molecule has 0 aliphatic carbocycles. The first-order valence-electron chi connectivity index (χ1n) is 8.04. The van der Waals surface area contributed by atoms with Crippen molar-refractivity contribution in [1.82, 2.24) is 0 Å². The number of hydrogen-bond acceptors (Lipinski definition) is 0. The lowest BCUT2D eigenvalue weighted by atomic mass is 10.1. The standard InChI is InChI=1S/C19H32Si/c1-15(2)20(16(3)4,17(5)6)14-8-9-19-12-10-18(7)11-13-19/h8-13,15-17H,14H2,1-7H3/b9-8+. The fourth-order valence-electron chi connectivity index (χ4n) is 3.78. The Labute approximate surface area is 127 Å². The largest absolute Gasteiger partial charge is 0.0866 e. The molecule has 0 N–H and O–H groups in total. The van der Waals surface area contributed by atoms with E-state index in [0.29, 0.717) is 0 Å². The minimum atomic E-state index is -1.28. The molecule has 1 aromatic carbocycles. The molecule has 0 atom stereocenters. The molecule has 0 fully saturated rings. The summed E-state index contributed by atoms with van der Waals surface area (Å²) in [5.41, 5.74) is 5.17. The third-order valence-corrected chi connectivity index (χ3v) is 12.5. The summed E-state index contributed by atoms with van der Waals surface area (Å²) in [6.07, 6.45) is 4.76. The van der Waals surface area contributed by atoms with Gasteiger partial charge in [-0.15, -0.1) is 0 Å². The number of allylic oxidation sites excluding steroid dienone is 1. The molecule has 0 unspecified atom stereocenters. The highest BCUT2D eigenvalue weighted by atomic mass is 28.3. The summed E-state index contributed by atoms with van der Waals surface area (Å²) in [6.45, 7) is 16.8. The molecule has 0 aromatic heterocycles. The molecule has 0 nitrogen and oxygen atoms in total. The maximum Gasteiger partial charge on any atom is 0.0650 e. The van der Waals surface area contributed by atoms with Crippen LogP contribution in [0.15, 0.2) is 30.3 Å². The lowest BCUT2D eigenvalue weighted by Crippen LogP contribution is -2.43. The summed E-state index contributed by atoms with van der Waals surface area (Å²) in [7, 11) is -1.28. The first-order valence-corrected chi connectivity index (χ1v) is 10.5. The zero-order chi connectivity index (χ0) is 15.3. The molecule has 20 heavy (non-hydrogen) atoms. The SMILES string of the molecule is Cc1ccc(/C=C/C[Si](C(C)C)(C(C)C)C(C)C)cc1. The van der Waals surface area contributed by atoms with Gasteiger partial charge in [0.2, 0.25) is 0 Å². The lowest BCUT2D eigenvalue weighted by Gasteiger charge is -2.42. The zero-order valence-electron chi connectivity index (χ0n) is 14.4. The predicted molar refractivity (Wildman–Crippen MR) is 96.1 cm³/mol. The van der Waals surface area contributed by atoms with Crippen molar-refractivity contribution >= 4 is 14.1 Å². The van der Waals surface area contributed by atoms with Crippen LogP contribution in [0.5, 0.6) is 0 Å². The van der Waals surface area contributed by atoms with Crippen LogP contribution in [0.4, 0.5) is 0 Å². The van der Waals surface area contributed by atoms with Gasteiger partial charge in [0.1, 0.15) is 0 Å². The molecule has 0 aliphatic rings. The monoisotopic (exact) mass is 288 g/mol. The first kappa shape index (κ1) is 17.2. The molecule has 1 heteroatoms. The molecule has 112 valence electrons. The second-order valence-electron chi connectivity index (χ2n) is 7.09. The van der Waals surface area contributed by atoms with E-state index in [1.165, 1.54) is 17.2 Å². The van der Waals surface area contributed by atoms with Gasteiger partial charge in [0.05, 0.1) is 8.07 Å². The van der Waals surface area contributed by atoms with E-state index in [2.05, 4.69) is 84.9 Å². The number of rotatable bonds is 6. The molecule has 0 heterocycles. The Bertz CT molecular complexity index is 402. The average Bonchev–Trinajstić information content (AvgIpc) is 2.35. The van der Waals surface area contributed by atoms with Crippen molar-refractivity contribution in [2.75, 3.05) is 0 Å². The summed E-state index contributed by atoms with van der Waals surface area (Å²) in [4.78, 5) is 0. The maximum absolute atomic E-state index is 2.44. The minimum absolute atomic E-state index is 0.838. The normalized spacial score (nSPS) is 13.1. The summed E-state index contributed by atoms with van der Waals surface area (Å²) in [5.74, 6) is 0. The summed E-state index contributed by atoms with van der Waals surface area (Å²) < 4.78 is 0. The van der Waals surface area contributed by atoms with Gasteiger partial charge >= 0.3 is 0 Å². The van der Waals surface area contributed by atoms with Gasteiger partial charge in [-0.3, -0.25) is 0 Å². The second-order valence-corrected chi connectivity index (χ2v) is 13.2. The smallest absolute Gasteiger partial charge is 0.0650 e. The molecule has 0 bridgehead atoms. The Hall–Kier alpha value is -0.823. The van der Waals surface area contributed by atoms with Crippen molar-refractivity contribution in [1.29, 1.82) is 0 Å². The molecular formula is C19H32Si. The molecule has 0 spiro atoms. The average molecular weight is 289 g/mol. The van der Waals surface area contributed by atoms with Gasteiger partial charge in [-0.1, -0.05) is 100 Å². The van der Waals surface area contributed by atoms with Crippen molar-refractivity contribution in [3.63, 3.8) is 0 Å². The fourth-order valence-corrected chi connectivity index (χ4v) is 9.72. The number of hydrogen-bond donors (Lipinski definition) is 0. The van der Waals surface area contributed by atoms with E-state index in [0.717, 1.165) is 16.6 Å². The van der Waals surface area contributed by atoms with Crippen LogP contribution in [-0.2, 0) is 0 Å². The van der Waals surface area contributed by atoms with E-state index in [-0.39, 0.29) is 0 Å². The molecule has 0 saturated carbocycles. The Morgan fingerprint density at radius 2 is 1.30 bits per heavy atom. The molecule has 1 rings (SSSR count). The van der Waals surface area contributed by atoms with Crippen LogP contribution in [-0.4, -0.2) is 8.07 Å². The molecular weight excluding hydrogens is 256 g/mol. The Kier molecular flexibility index (Phi) is 6.26. The van der Waals surface area contributed by atoms with E-state index in [1.54, 1.807) is 0 Å². The van der Waals surface area contributed by atoms with Crippen molar-refractivity contribution < 1.29 is 0 Å². The Balaban J connectivity index is 2.89. The Morgan fingerprint density at radius 1 is 0.850 bits per heavy atom. The van der Waals surface area contributed by atoms with Crippen molar-refractivity contribution in [2.24, 2.45) is 0 Å². The van der Waals surface area contributed by atoms with Crippen molar-refractivity contribution in [3.8, 4) is 0 Å². The third kappa shape index (κ3) is 3.85. The summed E-state index contributed by atoms with van der Waals surface area (Å²) in [5, 5.41) is 0. The highest BCUT2D eigenvalue weighted by Crippen LogP contribution is 2.44. The molecule has 0 radical (unpaired) electrons. The van der Waals surface area contributed by atoms with Crippen LogP contribution in [0.3, 0.4) is 0 Å². The van der Waals surface area contributed by atoms with Gasteiger partial charge in [0, 0.05) is 0 Å². The van der Waals surface area contributed by atoms with E-state index < -0.39 is 8.07 Å². The lowest BCUT2D eigenvalue weighted by molar-refractivity contribution is 0.811. The predicted octanol–water partition coefficient (Wildman–Crippen LogP) is 6.69. The van der Waals surface area contributed by atoms with Gasteiger partial charge in [-0.2, -0.15) is 0 Å². The summed E-state index contributed by atoms with van der Waals surface area (Å²) in [6, 6.07) is 10.1. The van der Waals surface area contributed by atoms with E-state index in [4.69, 9.17) is 0 Å². The zero-order valence-corrected chi connectivity index (χ0v) is 15.4. The second kappa shape index (κ2) is 7.26. The number of benzene rings is 1. The number of aryl methyl sites for hydroxylation is 1. The highest BCUT2D eigenvalue weighted by Gasteiger charge is 2.41. The van der Waals surface area contributed by atoms with Crippen LogP contribution in [0.2, 0.25) is 22.7 Å². The third-order valence-electron chi connectivity index (χ3n) is 5.08. The van der Waals surface area contributed by atoms with E-state index >= 15 is 0 Å². The molecule has 0 aliphatic heterocycles. The van der Waals surface area contributed by atoms with Gasteiger partial charge in [-0.25, -0.2) is 0 Å².